The van der Waals surface area contributed by atoms with Gasteiger partial charge in [0.15, 0.2) is 6.10 Å². The molecule has 106 valence electrons. The van der Waals surface area contributed by atoms with Gasteiger partial charge in [-0.3, -0.25) is 9.59 Å². The lowest BCUT2D eigenvalue weighted by Gasteiger charge is -2.26. The first kappa shape index (κ1) is 14.1. The molecule has 0 bridgehead atoms. The first-order chi connectivity index (χ1) is 9.55. The molecule has 0 aliphatic carbocycles. The lowest BCUT2D eigenvalue weighted by Crippen LogP contribution is -2.36. The minimum atomic E-state index is -0.462. The molecule has 0 fully saturated rings. The predicted octanol–water partition coefficient (Wildman–Crippen LogP) is 2.16. The Morgan fingerprint density at radius 2 is 2.35 bits per heavy atom. The Hall–Kier alpha value is -2.30. The van der Waals surface area contributed by atoms with E-state index in [-0.39, 0.29) is 17.9 Å². The third kappa shape index (κ3) is 2.82. The van der Waals surface area contributed by atoms with E-state index in [0.29, 0.717) is 17.9 Å². The molecule has 5 heteroatoms. The standard InChI is InChI=1S/C15H18N2O3/c1-4-12-15(19)17-11-7-6-10(8-13(11)20-12)9(3)16-14(18)5-2/h5-9,12H,2,4H2,1,3H3,(H,16,18)(H,17,19)/t9-,12-/m0/s1. The van der Waals surface area contributed by atoms with Crippen LogP contribution in [0, 0.1) is 0 Å². The number of benzene rings is 1. The van der Waals surface area contributed by atoms with Crippen molar-refractivity contribution in [2.24, 2.45) is 0 Å². The van der Waals surface area contributed by atoms with Gasteiger partial charge in [-0.2, -0.15) is 0 Å². The molecule has 1 aromatic rings. The van der Waals surface area contributed by atoms with Crippen molar-refractivity contribution >= 4 is 17.5 Å². The summed E-state index contributed by atoms with van der Waals surface area (Å²) in [7, 11) is 0. The summed E-state index contributed by atoms with van der Waals surface area (Å²) in [4.78, 5) is 23.0. The first-order valence-electron chi connectivity index (χ1n) is 6.59. The maximum Gasteiger partial charge on any atom is 0.265 e. The summed E-state index contributed by atoms with van der Waals surface area (Å²) in [5, 5.41) is 5.60. The Balaban J connectivity index is 2.21. The molecule has 2 amide bonds. The molecule has 1 aliphatic heterocycles. The van der Waals surface area contributed by atoms with Gasteiger partial charge in [-0.1, -0.05) is 19.6 Å². The molecular weight excluding hydrogens is 256 g/mol. The van der Waals surface area contributed by atoms with Crippen molar-refractivity contribution in [1.29, 1.82) is 0 Å². The predicted molar refractivity (Wildman–Crippen MR) is 76.5 cm³/mol. The molecule has 1 aliphatic rings. The Labute approximate surface area is 118 Å². The van der Waals surface area contributed by atoms with Gasteiger partial charge in [0.05, 0.1) is 11.7 Å². The second-order valence-corrected chi connectivity index (χ2v) is 4.69. The van der Waals surface area contributed by atoms with Crippen LogP contribution in [-0.2, 0) is 9.59 Å². The normalized spacial score (nSPS) is 18.3. The molecule has 0 radical (unpaired) electrons. The fourth-order valence-corrected chi connectivity index (χ4v) is 2.05. The molecule has 5 nitrogen and oxygen atoms in total. The largest absolute Gasteiger partial charge is 0.478 e. The van der Waals surface area contributed by atoms with Crippen molar-refractivity contribution in [2.45, 2.75) is 32.4 Å². The molecule has 20 heavy (non-hydrogen) atoms. The summed E-state index contributed by atoms with van der Waals surface area (Å²) in [6.07, 6.45) is 1.38. The molecule has 0 saturated carbocycles. The van der Waals surface area contributed by atoms with Crippen LogP contribution in [0.3, 0.4) is 0 Å². The Morgan fingerprint density at radius 1 is 1.60 bits per heavy atom. The third-order valence-electron chi connectivity index (χ3n) is 3.24. The summed E-state index contributed by atoms with van der Waals surface area (Å²) in [5.74, 6) is 0.283. The molecular formula is C15H18N2O3. The SMILES string of the molecule is C=CC(=O)N[C@@H](C)c1ccc2c(c1)O[C@@H](CC)C(=O)N2. The molecule has 0 saturated heterocycles. The van der Waals surface area contributed by atoms with Gasteiger partial charge in [0, 0.05) is 0 Å². The van der Waals surface area contributed by atoms with Crippen LogP contribution in [0.15, 0.2) is 30.9 Å². The molecule has 2 N–H and O–H groups in total. The highest BCUT2D eigenvalue weighted by molar-refractivity contribution is 5.97. The van der Waals surface area contributed by atoms with E-state index in [1.54, 1.807) is 6.07 Å². The van der Waals surface area contributed by atoms with E-state index in [4.69, 9.17) is 4.74 Å². The Kier molecular flexibility index (Phi) is 4.08. The number of amides is 2. The van der Waals surface area contributed by atoms with Gasteiger partial charge >= 0.3 is 0 Å². The van der Waals surface area contributed by atoms with Crippen molar-refractivity contribution < 1.29 is 14.3 Å². The molecule has 1 heterocycles. The van der Waals surface area contributed by atoms with E-state index >= 15 is 0 Å². The van der Waals surface area contributed by atoms with E-state index < -0.39 is 6.10 Å². The number of carbonyl (C=O) groups excluding carboxylic acids is 2. The van der Waals surface area contributed by atoms with Crippen molar-refractivity contribution in [2.75, 3.05) is 5.32 Å². The third-order valence-corrected chi connectivity index (χ3v) is 3.24. The minimum Gasteiger partial charge on any atom is -0.478 e. The van der Waals surface area contributed by atoms with Crippen molar-refractivity contribution in [3.8, 4) is 5.75 Å². The summed E-state index contributed by atoms with van der Waals surface area (Å²) in [6.45, 7) is 7.19. The second kappa shape index (κ2) is 5.77. The van der Waals surface area contributed by atoms with Gasteiger partial charge in [-0.25, -0.2) is 0 Å². The van der Waals surface area contributed by atoms with Crippen molar-refractivity contribution in [1.82, 2.24) is 5.32 Å². The number of nitrogens with one attached hydrogen (secondary N) is 2. The van der Waals surface area contributed by atoms with E-state index in [9.17, 15) is 9.59 Å². The van der Waals surface area contributed by atoms with Crippen LogP contribution in [0.4, 0.5) is 5.69 Å². The van der Waals surface area contributed by atoms with Crippen LogP contribution >= 0.6 is 0 Å². The fourth-order valence-electron chi connectivity index (χ4n) is 2.05. The van der Waals surface area contributed by atoms with Crippen LogP contribution in [0.5, 0.6) is 5.75 Å². The van der Waals surface area contributed by atoms with Gasteiger partial charge < -0.3 is 15.4 Å². The van der Waals surface area contributed by atoms with Crippen molar-refractivity contribution in [3.05, 3.63) is 36.4 Å². The van der Waals surface area contributed by atoms with Crippen LogP contribution < -0.4 is 15.4 Å². The summed E-state index contributed by atoms with van der Waals surface area (Å²) < 4.78 is 5.67. The number of hydrogen-bond donors (Lipinski definition) is 2. The highest BCUT2D eigenvalue weighted by Gasteiger charge is 2.26. The zero-order valence-corrected chi connectivity index (χ0v) is 11.6. The zero-order valence-electron chi connectivity index (χ0n) is 11.6. The zero-order chi connectivity index (χ0) is 14.7. The van der Waals surface area contributed by atoms with Gasteiger partial charge in [0.25, 0.3) is 5.91 Å². The number of hydrogen-bond acceptors (Lipinski definition) is 3. The van der Waals surface area contributed by atoms with Crippen LogP contribution in [0.25, 0.3) is 0 Å². The average molecular weight is 274 g/mol. The summed E-state index contributed by atoms with van der Waals surface area (Å²) in [6, 6.07) is 5.31. The summed E-state index contributed by atoms with van der Waals surface area (Å²) in [5.41, 5.74) is 1.57. The lowest BCUT2D eigenvalue weighted by atomic mass is 10.1. The van der Waals surface area contributed by atoms with Crippen LogP contribution in [-0.4, -0.2) is 17.9 Å². The molecule has 1 aromatic carbocycles. The second-order valence-electron chi connectivity index (χ2n) is 4.69. The fraction of sp³-hybridized carbons (Fsp3) is 0.333. The van der Waals surface area contributed by atoms with E-state index in [1.807, 2.05) is 26.0 Å². The number of ether oxygens (including phenoxy) is 1. The van der Waals surface area contributed by atoms with Crippen LogP contribution in [0.2, 0.25) is 0 Å². The van der Waals surface area contributed by atoms with Gasteiger partial charge in [-0.15, -0.1) is 0 Å². The smallest absolute Gasteiger partial charge is 0.265 e. The van der Waals surface area contributed by atoms with E-state index in [2.05, 4.69) is 17.2 Å². The topological polar surface area (TPSA) is 67.4 Å². The maximum atomic E-state index is 11.7. The lowest BCUT2D eigenvalue weighted by molar-refractivity contribution is -0.123. The highest BCUT2D eigenvalue weighted by atomic mass is 16.5. The summed E-state index contributed by atoms with van der Waals surface area (Å²) >= 11 is 0. The quantitative estimate of drug-likeness (QED) is 0.827. The molecule has 2 rings (SSSR count). The van der Waals surface area contributed by atoms with Crippen LogP contribution in [0.1, 0.15) is 31.9 Å². The number of rotatable bonds is 4. The maximum absolute atomic E-state index is 11.7. The Morgan fingerprint density at radius 3 is 3.00 bits per heavy atom. The van der Waals surface area contributed by atoms with Gasteiger partial charge in [-0.05, 0) is 37.1 Å². The van der Waals surface area contributed by atoms with Crippen molar-refractivity contribution in [3.63, 3.8) is 0 Å². The van der Waals surface area contributed by atoms with E-state index in [0.717, 1.165) is 5.56 Å². The monoisotopic (exact) mass is 274 g/mol. The van der Waals surface area contributed by atoms with Gasteiger partial charge in [0.2, 0.25) is 5.91 Å². The average Bonchev–Trinajstić information content (AvgIpc) is 2.45. The molecule has 2 atom stereocenters. The Bertz CT molecular complexity index is 554. The number of anilines is 1. The number of carbonyl (C=O) groups is 2. The molecule has 0 aromatic heterocycles. The highest BCUT2D eigenvalue weighted by Crippen LogP contribution is 2.32. The molecule has 0 unspecified atom stereocenters. The van der Waals surface area contributed by atoms with E-state index in [1.165, 1.54) is 6.08 Å². The number of fused-ring (bicyclic) bond motifs is 1. The first-order valence-corrected chi connectivity index (χ1v) is 6.59. The minimum absolute atomic E-state index is 0.124. The van der Waals surface area contributed by atoms with Gasteiger partial charge in [0.1, 0.15) is 5.75 Å². The molecule has 0 spiro atoms.